The van der Waals surface area contributed by atoms with Gasteiger partial charge in [0.15, 0.2) is 5.82 Å². The van der Waals surface area contributed by atoms with Crippen LogP contribution in [0.1, 0.15) is 22.7 Å². The van der Waals surface area contributed by atoms with Crippen molar-refractivity contribution in [2.75, 3.05) is 30.4 Å². The van der Waals surface area contributed by atoms with E-state index in [0.29, 0.717) is 36.4 Å². The van der Waals surface area contributed by atoms with E-state index in [1.54, 1.807) is 6.07 Å². The molecule has 2 aromatic heterocycles. The number of hydrogen-bond donors (Lipinski definition) is 3. The Morgan fingerprint density at radius 2 is 1.95 bits per heavy atom. The van der Waals surface area contributed by atoms with Crippen LogP contribution in [0.15, 0.2) is 47.3 Å². The van der Waals surface area contributed by atoms with E-state index in [1.165, 1.54) is 25.3 Å². The Kier molecular flexibility index (Phi) is 6.64. The first-order valence-corrected chi connectivity index (χ1v) is 12.1. The van der Waals surface area contributed by atoms with Crippen LogP contribution in [0.25, 0.3) is 16.7 Å². The molecule has 12 nitrogen and oxygen atoms in total. The number of imidazole rings is 1. The number of carboxylic acid groups (broad SMARTS) is 1. The molecule has 3 N–H and O–H groups in total. The zero-order valence-electron chi connectivity index (χ0n) is 21.4. The Labute approximate surface area is 221 Å². The molecule has 2 aromatic carbocycles. The smallest absolute Gasteiger partial charge is 0.404 e. The second-order valence-corrected chi connectivity index (χ2v) is 9.14. The number of methoxy groups -OCH3 is 1. The zero-order chi connectivity index (χ0) is 27.8. The number of carbonyl (C=O) groups is 2. The van der Waals surface area contributed by atoms with Crippen molar-refractivity contribution in [1.29, 1.82) is 0 Å². The fourth-order valence-electron chi connectivity index (χ4n) is 4.78. The second-order valence-electron chi connectivity index (χ2n) is 9.14. The quantitative estimate of drug-likeness (QED) is 0.342. The average Bonchev–Trinajstić information content (AvgIpc) is 3.47. The zero-order valence-corrected chi connectivity index (χ0v) is 21.4. The predicted molar refractivity (Wildman–Crippen MR) is 142 cm³/mol. The molecule has 1 atom stereocenters. The molecule has 0 unspecified atom stereocenters. The maximum atomic E-state index is 14.7. The van der Waals surface area contributed by atoms with E-state index < -0.39 is 23.4 Å². The molecule has 1 aliphatic heterocycles. The van der Waals surface area contributed by atoms with Crippen molar-refractivity contribution in [3.05, 3.63) is 70.2 Å². The summed E-state index contributed by atoms with van der Waals surface area (Å²) in [6.45, 7) is 2.80. The van der Waals surface area contributed by atoms with Crippen LogP contribution in [0.4, 0.5) is 20.6 Å². The molecule has 1 aliphatic rings. The van der Waals surface area contributed by atoms with Crippen LogP contribution in [-0.2, 0) is 7.05 Å². The number of halogens is 1. The Bertz CT molecular complexity index is 1660. The van der Waals surface area contributed by atoms with Crippen molar-refractivity contribution in [2.24, 2.45) is 7.05 Å². The fraction of sp³-hybridized carbons (Fsp3) is 0.269. The highest BCUT2D eigenvalue weighted by Gasteiger charge is 2.29. The lowest BCUT2D eigenvalue weighted by atomic mass is 10.2. The summed E-state index contributed by atoms with van der Waals surface area (Å²) in [5.74, 6) is -0.522. The van der Waals surface area contributed by atoms with Gasteiger partial charge in [0, 0.05) is 26.2 Å². The highest BCUT2D eigenvalue weighted by molar-refractivity contribution is 6.08. The van der Waals surface area contributed by atoms with Crippen LogP contribution in [0.3, 0.4) is 0 Å². The van der Waals surface area contributed by atoms with Gasteiger partial charge in [0.05, 0.1) is 30.0 Å². The molecule has 13 heteroatoms. The molecule has 5 rings (SSSR count). The fourth-order valence-corrected chi connectivity index (χ4v) is 4.78. The van der Waals surface area contributed by atoms with Gasteiger partial charge in [-0.05, 0) is 43.7 Å². The summed E-state index contributed by atoms with van der Waals surface area (Å²) in [6.07, 6.45) is -0.520. The summed E-state index contributed by atoms with van der Waals surface area (Å²) in [6, 6.07) is 9.75. The van der Waals surface area contributed by atoms with Gasteiger partial charge in [0.1, 0.15) is 28.5 Å². The van der Waals surface area contributed by atoms with E-state index in [-0.39, 0.29) is 23.2 Å². The number of rotatable bonds is 6. The molecule has 202 valence electrons. The average molecular weight is 536 g/mol. The minimum Gasteiger partial charge on any atom is -0.494 e. The molecule has 3 heterocycles. The van der Waals surface area contributed by atoms with Gasteiger partial charge in [-0.3, -0.25) is 9.59 Å². The first kappa shape index (κ1) is 25.7. The molecule has 2 amide bonds. The van der Waals surface area contributed by atoms with Gasteiger partial charge in [-0.2, -0.15) is 9.78 Å². The van der Waals surface area contributed by atoms with Gasteiger partial charge in [-0.1, -0.05) is 6.07 Å². The number of anilines is 2. The second kappa shape index (κ2) is 10.1. The largest absolute Gasteiger partial charge is 0.494 e. The van der Waals surface area contributed by atoms with E-state index in [2.05, 4.69) is 15.7 Å². The van der Waals surface area contributed by atoms with Crippen LogP contribution in [0, 0.1) is 12.7 Å². The van der Waals surface area contributed by atoms with Gasteiger partial charge in [-0.15, -0.1) is 0 Å². The van der Waals surface area contributed by atoms with Crippen molar-refractivity contribution in [2.45, 2.75) is 19.4 Å². The van der Waals surface area contributed by atoms with Crippen molar-refractivity contribution in [3.63, 3.8) is 0 Å². The van der Waals surface area contributed by atoms with E-state index >= 15 is 0 Å². The first-order valence-electron chi connectivity index (χ1n) is 12.1. The molecule has 39 heavy (non-hydrogen) atoms. The SMILES string of the molecule is COc1cccc(F)c1-n1nc(C(=O)Nc2ccc3c(nc(C)n3C)c2N2CC[C@H](NC(=O)O)C2)ccc1=O. The molecule has 0 saturated carbocycles. The van der Waals surface area contributed by atoms with Gasteiger partial charge in [0.25, 0.3) is 11.5 Å². The number of aryl methyl sites for hydroxylation is 2. The van der Waals surface area contributed by atoms with Gasteiger partial charge < -0.3 is 29.9 Å². The topological polar surface area (TPSA) is 144 Å². The van der Waals surface area contributed by atoms with E-state index in [0.717, 1.165) is 28.2 Å². The van der Waals surface area contributed by atoms with E-state index in [9.17, 15) is 18.8 Å². The van der Waals surface area contributed by atoms with Crippen LogP contribution in [0.2, 0.25) is 0 Å². The summed E-state index contributed by atoms with van der Waals surface area (Å²) in [4.78, 5) is 43.8. The number of aromatic nitrogens is 4. The van der Waals surface area contributed by atoms with Crippen molar-refractivity contribution < 1.29 is 23.8 Å². The molecule has 1 fully saturated rings. The third kappa shape index (κ3) is 4.74. The number of nitrogens with one attached hydrogen (secondary N) is 2. The van der Waals surface area contributed by atoms with Crippen molar-refractivity contribution in [1.82, 2.24) is 24.6 Å². The number of ether oxygens (including phenoxy) is 1. The lowest BCUT2D eigenvalue weighted by Gasteiger charge is -2.23. The molecule has 0 spiro atoms. The van der Waals surface area contributed by atoms with Gasteiger partial charge >= 0.3 is 6.09 Å². The maximum absolute atomic E-state index is 14.7. The number of para-hydroxylation sites is 1. The number of amides is 2. The molecule has 0 radical (unpaired) electrons. The summed E-state index contributed by atoms with van der Waals surface area (Å²) in [7, 11) is 3.22. The molecular formula is C26H26FN7O5. The summed E-state index contributed by atoms with van der Waals surface area (Å²) in [5.41, 5.74) is 1.59. The summed E-state index contributed by atoms with van der Waals surface area (Å²) in [5, 5.41) is 18.6. The van der Waals surface area contributed by atoms with E-state index in [4.69, 9.17) is 14.8 Å². The highest BCUT2D eigenvalue weighted by Crippen LogP contribution is 2.37. The van der Waals surface area contributed by atoms with Gasteiger partial charge in [0.2, 0.25) is 0 Å². The predicted octanol–water partition coefficient (Wildman–Crippen LogP) is 2.67. The van der Waals surface area contributed by atoms with Crippen LogP contribution >= 0.6 is 0 Å². The number of carbonyl (C=O) groups excluding carboxylic acids is 1. The molecule has 0 bridgehead atoms. The Morgan fingerprint density at radius 1 is 1.15 bits per heavy atom. The minimum absolute atomic E-state index is 0.0824. The Hall–Kier alpha value is -4.94. The van der Waals surface area contributed by atoms with Crippen molar-refractivity contribution in [3.8, 4) is 11.4 Å². The van der Waals surface area contributed by atoms with Crippen LogP contribution in [-0.4, -0.2) is 62.7 Å². The van der Waals surface area contributed by atoms with Crippen LogP contribution < -0.4 is 25.8 Å². The third-order valence-electron chi connectivity index (χ3n) is 6.74. The lowest BCUT2D eigenvalue weighted by molar-refractivity contribution is 0.102. The van der Waals surface area contributed by atoms with Gasteiger partial charge in [-0.25, -0.2) is 14.2 Å². The summed E-state index contributed by atoms with van der Waals surface area (Å²) >= 11 is 0. The number of nitrogens with zero attached hydrogens (tertiary/aromatic N) is 5. The number of hydrogen-bond acceptors (Lipinski definition) is 7. The monoisotopic (exact) mass is 535 g/mol. The molecule has 1 saturated heterocycles. The number of benzene rings is 2. The third-order valence-corrected chi connectivity index (χ3v) is 6.74. The Morgan fingerprint density at radius 3 is 2.69 bits per heavy atom. The maximum Gasteiger partial charge on any atom is 0.404 e. The Balaban J connectivity index is 1.54. The molecule has 0 aliphatic carbocycles. The molecular weight excluding hydrogens is 509 g/mol. The normalized spacial score (nSPS) is 15.0. The van der Waals surface area contributed by atoms with Crippen molar-refractivity contribution >= 4 is 34.4 Å². The highest BCUT2D eigenvalue weighted by atomic mass is 19.1. The first-order chi connectivity index (χ1) is 18.7. The number of fused-ring (bicyclic) bond motifs is 1. The summed E-state index contributed by atoms with van der Waals surface area (Å²) < 4.78 is 22.6. The lowest BCUT2D eigenvalue weighted by Crippen LogP contribution is -2.36. The standard InChI is InChI=1S/C26H26FN7O5/c1-14-28-22-19(32(14)2)9-7-17(24(22)33-12-11-15(13-33)29-26(37)38)30-25(36)18-8-10-21(35)34(31-18)23-16(27)5-4-6-20(23)39-3/h4-10,15,29H,11-13H2,1-3H3,(H,30,36)(H,37,38)/t15-/m0/s1. The molecule has 4 aromatic rings. The van der Waals surface area contributed by atoms with Crippen LogP contribution in [0.5, 0.6) is 5.75 Å². The minimum atomic E-state index is -1.10. The van der Waals surface area contributed by atoms with E-state index in [1.807, 2.05) is 29.5 Å².